The van der Waals surface area contributed by atoms with Crippen LogP contribution in [0, 0.1) is 0 Å². The maximum absolute atomic E-state index is 12.1. The van der Waals surface area contributed by atoms with Gasteiger partial charge in [0.15, 0.2) is 8.32 Å². The molecule has 1 aliphatic heterocycles. The summed E-state index contributed by atoms with van der Waals surface area (Å²) in [6.07, 6.45) is 1.83. The molecular weight excluding hydrogens is 292 g/mol. The van der Waals surface area contributed by atoms with Crippen molar-refractivity contribution in [3.63, 3.8) is 0 Å². The summed E-state index contributed by atoms with van der Waals surface area (Å²) in [7, 11) is -1.78. The van der Waals surface area contributed by atoms with E-state index in [1.165, 1.54) is 5.56 Å². The summed E-state index contributed by atoms with van der Waals surface area (Å²) in [5.74, 6) is 0.245. The first-order valence-electron chi connectivity index (χ1n) is 7.83. The zero-order chi connectivity index (χ0) is 16.1. The highest BCUT2D eigenvalue weighted by Gasteiger charge is 2.38. The Hall–Kier alpha value is -1.46. The van der Waals surface area contributed by atoms with E-state index in [1.54, 1.807) is 6.07 Å². The van der Waals surface area contributed by atoms with Crippen LogP contribution in [0.15, 0.2) is 29.2 Å². The standard InChI is InChI=1S/C17H24N2O2Si/c1-17(2,3)22(4,5)21-11-12-10-19-15(20)7-6-14-16(19)13(12)8-9-18-14/h6-9,12H,10-11H2,1-5H3. The zero-order valence-electron chi connectivity index (χ0n) is 14.0. The predicted molar refractivity (Wildman–Crippen MR) is 91.9 cm³/mol. The van der Waals surface area contributed by atoms with Crippen molar-refractivity contribution in [1.29, 1.82) is 0 Å². The minimum absolute atomic E-state index is 0.0524. The maximum atomic E-state index is 12.1. The Morgan fingerprint density at radius 3 is 2.73 bits per heavy atom. The minimum atomic E-state index is -1.78. The van der Waals surface area contributed by atoms with E-state index in [9.17, 15) is 4.79 Å². The molecule has 1 aliphatic rings. The fourth-order valence-electron chi connectivity index (χ4n) is 2.75. The summed E-state index contributed by atoms with van der Waals surface area (Å²) in [5, 5.41) is 0.197. The van der Waals surface area contributed by atoms with Crippen molar-refractivity contribution in [1.82, 2.24) is 9.55 Å². The smallest absolute Gasteiger partial charge is 0.251 e. The van der Waals surface area contributed by atoms with Crippen molar-refractivity contribution >= 4 is 19.4 Å². The first-order chi connectivity index (χ1) is 10.2. The van der Waals surface area contributed by atoms with Crippen LogP contribution in [0.5, 0.6) is 0 Å². The van der Waals surface area contributed by atoms with Gasteiger partial charge in [-0.15, -0.1) is 0 Å². The van der Waals surface area contributed by atoms with Crippen molar-refractivity contribution in [3.05, 3.63) is 40.3 Å². The summed E-state index contributed by atoms with van der Waals surface area (Å²) < 4.78 is 8.23. The van der Waals surface area contributed by atoms with Crippen LogP contribution in [-0.4, -0.2) is 24.5 Å². The molecule has 0 amide bonds. The van der Waals surface area contributed by atoms with Gasteiger partial charge in [0.25, 0.3) is 5.56 Å². The van der Waals surface area contributed by atoms with Gasteiger partial charge in [-0.2, -0.15) is 0 Å². The van der Waals surface area contributed by atoms with Crippen molar-refractivity contribution in [2.24, 2.45) is 0 Å². The summed E-state index contributed by atoms with van der Waals surface area (Å²) >= 11 is 0. The zero-order valence-corrected chi connectivity index (χ0v) is 15.0. The molecule has 3 rings (SSSR count). The number of rotatable bonds is 3. The molecule has 0 bridgehead atoms. The highest BCUT2D eigenvalue weighted by Crippen LogP contribution is 2.38. The van der Waals surface area contributed by atoms with Crippen molar-refractivity contribution in [2.45, 2.75) is 51.4 Å². The molecule has 0 N–H and O–H groups in total. The molecule has 0 fully saturated rings. The molecule has 0 aromatic carbocycles. The molecule has 0 saturated carbocycles. The van der Waals surface area contributed by atoms with Gasteiger partial charge in [0.2, 0.25) is 0 Å². The van der Waals surface area contributed by atoms with Crippen molar-refractivity contribution in [3.8, 4) is 0 Å². The Morgan fingerprint density at radius 2 is 2.05 bits per heavy atom. The molecule has 5 heteroatoms. The Kier molecular flexibility index (Phi) is 3.53. The second-order valence-electron chi connectivity index (χ2n) is 7.68. The number of nitrogens with zero attached hydrogens (tertiary/aromatic N) is 2. The normalized spacial score (nSPS) is 18.1. The molecule has 0 saturated heterocycles. The van der Waals surface area contributed by atoms with E-state index in [1.807, 2.05) is 22.9 Å². The number of hydrogen-bond acceptors (Lipinski definition) is 3. The Labute approximate surface area is 132 Å². The maximum Gasteiger partial charge on any atom is 0.251 e. The van der Waals surface area contributed by atoms with Crippen LogP contribution in [-0.2, 0) is 11.0 Å². The first kappa shape index (κ1) is 15.4. The fraction of sp³-hybridized carbons (Fsp3) is 0.529. The minimum Gasteiger partial charge on any atom is -0.416 e. The second kappa shape index (κ2) is 5.03. The van der Waals surface area contributed by atoms with Crippen LogP contribution in [0.4, 0.5) is 0 Å². The van der Waals surface area contributed by atoms with E-state index in [0.29, 0.717) is 13.2 Å². The van der Waals surface area contributed by atoms with E-state index < -0.39 is 8.32 Å². The Morgan fingerprint density at radius 1 is 1.32 bits per heavy atom. The summed E-state index contributed by atoms with van der Waals surface area (Å²) in [6, 6.07) is 5.45. The lowest BCUT2D eigenvalue weighted by molar-refractivity contribution is 0.257. The largest absolute Gasteiger partial charge is 0.416 e. The number of pyridine rings is 2. The summed E-state index contributed by atoms with van der Waals surface area (Å²) in [5.41, 5.74) is 3.13. The van der Waals surface area contributed by atoms with Gasteiger partial charge in [-0.05, 0) is 35.8 Å². The third-order valence-corrected chi connectivity index (χ3v) is 9.70. The van der Waals surface area contributed by atoms with Crippen molar-refractivity contribution in [2.75, 3.05) is 6.61 Å². The van der Waals surface area contributed by atoms with Crippen LogP contribution >= 0.6 is 0 Å². The van der Waals surface area contributed by atoms with E-state index >= 15 is 0 Å². The third kappa shape index (κ3) is 2.42. The molecule has 118 valence electrons. The number of aromatic nitrogens is 2. The molecule has 1 atom stereocenters. The molecule has 0 spiro atoms. The average molecular weight is 316 g/mol. The van der Waals surface area contributed by atoms with Gasteiger partial charge >= 0.3 is 0 Å². The molecule has 2 aromatic heterocycles. The highest BCUT2D eigenvalue weighted by molar-refractivity contribution is 6.74. The van der Waals surface area contributed by atoms with Gasteiger partial charge in [0.1, 0.15) is 0 Å². The van der Waals surface area contributed by atoms with Gasteiger partial charge in [-0.3, -0.25) is 9.78 Å². The molecule has 22 heavy (non-hydrogen) atoms. The molecule has 3 heterocycles. The SMILES string of the molecule is CC(C)(C)[Si](C)(C)OCC1Cn2c(=O)ccc3nccc1c32. The van der Waals surface area contributed by atoms with Gasteiger partial charge in [-0.25, -0.2) is 0 Å². The molecule has 0 aliphatic carbocycles. The number of hydrogen-bond donors (Lipinski definition) is 0. The first-order valence-corrected chi connectivity index (χ1v) is 10.7. The monoisotopic (exact) mass is 316 g/mol. The molecule has 4 nitrogen and oxygen atoms in total. The van der Waals surface area contributed by atoms with Crippen LogP contribution in [0.25, 0.3) is 11.0 Å². The predicted octanol–water partition coefficient (Wildman–Crippen LogP) is 3.52. The topological polar surface area (TPSA) is 44.1 Å². The van der Waals surface area contributed by atoms with Gasteiger partial charge < -0.3 is 8.99 Å². The van der Waals surface area contributed by atoms with E-state index in [-0.39, 0.29) is 16.5 Å². The quantitative estimate of drug-likeness (QED) is 0.814. The summed E-state index contributed by atoms with van der Waals surface area (Å²) in [4.78, 5) is 16.5. The van der Waals surface area contributed by atoms with Gasteiger partial charge in [-0.1, -0.05) is 20.8 Å². The molecular formula is C17H24N2O2Si. The average Bonchev–Trinajstić information content (AvgIpc) is 2.81. The molecule has 1 unspecified atom stereocenters. The lowest BCUT2D eigenvalue weighted by Gasteiger charge is -2.37. The fourth-order valence-corrected chi connectivity index (χ4v) is 3.80. The summed E-state index contributed by atoms with van der Waals surface area (Å²) in [6.45, 7) is 12.7. The molecule has 0 radical (unpaired) electrons. The van der Waals surface area contributed by atoms with Crippen LogP contribution in [0.1, 0.15) is 32.3 Å². The van der Waals surface area contributed by atoms with Crippen molar-refractivity contribution < 1.29 is 4.43 Å². The van der Waals surface area contributed by atoms with E-state index in [2.05, 4.69) is 38.8 Å². The molecule has 2 aromatic rings. The van der Waals surface area contributed by atoms with E-state index in [4.69, 9.17) is 4.43 Å². The van der Waals surface area contributed by atoms with Gasteiger partial charge in [0.05, 0.1) is 11.0 Å². The highest BCUT2D eigenvalue weighted by atomic mass is 28.4. The Bertz CT molecular complexity index is 774. The lowest BCUT2D eigenvalue weighted by Crippen LogP contribution is -2.41. The van der Waals surface area contributed by atoms with Gasteiger partial charge in [0, 0.05) is 31.3 Å². The second-order valence-corrected chi connectivity index (χ2v) is 12.5. The van der Waals surface area contributed by atoms with Crippen LogP contribution in [0.3, 0.4) is 0 Å². The third-order valence-electron chi connectivity index (χ3n) is 5.20. The van der Waals surface area contributed by atoms with Crippen LogP contribution < -0.4 is 5.56 Å². The van der Waals surface area contributed by atoms with Crippen LogP contribution in [0.2, 0.25) is 18.1 Å². The van der Waals surface area contributed by atoms with E-state index in [0.717, 1.165) is 11.0 Å². The lowest BCUT2D eigenvalue weighted by atomic mass is 10.0. The Balaban J connectivity index is 1.90.